The summed E-state index contributed by atoms with van der Waals surface area (Å²) in [5.74, 6) is -1.33. The van der Waals surface area contributed by atoms with Crippen molar-refractivity contribution in [2.24, 2.45) is 7.05 Å². The molecule has 0 radical (unpaired) electrons. The van der Waals surface area contributed by atoms with Crippen LogP contribution in [0.3, 0.4) is 0 Å². The first-order valence-electron chi connectivity index (χ1n) is 7.08. The van der Waals surface area contributed by atoms with E-state index in [0.29, 0.717) is 21.8 Å². The normalized spacial score (nSPS) is 12.0. The van der Waals surface area contributed by atoms with Crippen LogP contribution in [0.4, 0.5) is 0 Å². The number of aromatic nitrogens is 2. The van der Waals surface area contributed by atoms with E-state index in [4.69, 9.17) is 16.7 Å². The highest BCUT2D eigenvalue weighted by molar-refractivity contribution is 6.30. The van der Waals surface area contributed by atoms with Gasteiger partial charge in [0.15, 0.2) is 0 Å². The zero-order valence-electron chi connectivity index (χ0n) is 13.1. The Balaban J connectivity index is 2.28. The predicted molar refractivity (Wildman–Crippen MR) is 86.6 cm³/mol. The molecule has 0 fully saturated rings. The highest BCUT2D eigenvalue weighted by atomic mass is 35.5. The van der Waals surface area contributed by atoms with E-state index in [0.717, 1.165) is 5.69 Å². The Morgan fingerprint density at radius 3 is 2.39 bits per heavy atom. The number of nitrogens with zero attached hydrogens (tertiary/aromatic N) is 2. The molecule has 0 unspecified atom stereocenters. The molecule has 2 N–H and O–H groups in total. The minimum atomic E-state index is -0.995. The number of nitrogens with one attached hydrogen (secondary N) is 1. The SMILES string of the molecule is Cc1nn(C)c(C)c1C(=O)N[C@@H](CC(=O)O)c1ccc(Cl)cc1. The van der Waals surface area contributed by atoms with Gasteiger partial charge in [0.25, 0.3) is 5.91 Å². The maximum Gasteiger partial charge on any atom is 0.305 e. The quantitative estimate of drug-likeness (QED) is 0.879. The number of rotatable bonds is 5. The number of hydrogen-bond acceptors (Lipinski definition) is 3. The first kappa shape index (κ1) is 17.0. The molecule has 0 aliphatic rings. The molecular weight excluding hydrogens is 318 g/mol. The lowest BCUT2D eigenvalue weighted by atomic mass is 10.0. The van der Waals surface area contributed by atoms with E-state index >= 15 is 0 Å². The number of halogens is 1. The van der Waals surface area contributed by atoms with Crippen molar-refractivity contribution in [3.63, 3.8) is 0 Å². The van der Waals surface area contributed by atoms with Gasteiger partial charge < -0.3 is 10.4 Å². The van der Waals surface area contributed by atoms with Crippen LogP contribution in [-0.4, -0.2) is 26.8 Å². The van der Waals surface area contributed by atoms with Gasteiger partial charge in [-0.2, -0.15) is 5.10 Å². The minimum absolute atomic E-state index is 0.217. The number of carboxylic acid groups (broad SMARTS) is 1. The molecule has 2 aromatic rings. The molecule has 7 heteroatoms. The fourth-order valence-corrected chi connectivity index (χ4v) is 2.58. The number of carbonyl (C=O) groups excluding carboxylic acids is 1. The Bertz CT molecular complexity index is 738. The number of aryl methyl sites for hydroxylation is 2. The van der Waals surface area contributed by atoms with E-state index in [9.17, 15) is 9.59 Å². The van der Waals surface area contributed by atoms with Gasteiger partial charge in [-0.3, -0.25) is 14.3 Å². The molecule has 1 aromatic carbocycles. The van der Waals surface area contributed by atoms with Crippen LogP contribution in [0.1, 0.15) is 39.8 Å². The van der Waals surface area contributed by atoms with Crippen molar-refractivity contribution in [2.75, 3.05) is 0 Å². The maximum atomic E-state index is 12.5. The number of hydrogen-bond donors (Lipinski definition) is 2. The molecule has 6 nitrogen and oxygen atoms in total. The monoisotopic (exact) mass is 335 g/mol. The Labute approximate surface area is 139 Å². The van der Waals surface area contributed by atoms with Crippen molar-refractivity contribution in [1.82, 2.24) is 15.1 Å². The lowest BCUT2D eigenvalue weighted by molar-refractivity contribution is -0.137. The van der Waals surface area contributed by atoms with Gasteiger partial charge in [-0.05, 0) is 31.5 Å². The van der Waals surface area contributed by atoms with Crippen LogP contribution in [0.2, 0.25) is 5.02 Å². The summed E-state index contributed by atoms with van der Waals surface area (Å²) in [6.07, 6.45) is -0.217. The van der Waals surface area contributed by atoms with E-state index < -0.39 is 12.0 Å². The Morgan fingerprint density at radius 2 is 1.91 bits per heavy atom. The van der Waals surface area contributed by atoms with E-state index in [1.807, 2.05) is 0 Å². The van der Waals surface area contributed by atoms with Crippen LogP contribution >= 0.6 is 11.6 Å². The van der Waals surface area contributed by atoms with Crippen molar-refractivity contribution < 1.29 is 14.7 Å². The summed E-state index contributed by atoms with van der Waals surface area (Å²) in [4.78, 5) is 23.7. The predicted octanol–water partition coefficient (Wildman–Crippen LogP) is 2.64. The molecule has 1 atom stereocenters. The highest BCUT2D eigenvalue weighted by Crippen LogP contribution is 2.21. The third-order valence-corrected chi connectivity index (χ3v) is 3.94. The second-order valence-electron chi connectivity index (χ2n) is 5.34. The van der Waals surface area contributed by atoms with E-state index in [1.54, 1.807) is 49.8 Å². The molecule has 0 spiro atoms. The molecule has 0 saturated heterocycles. The Hall–Kier alpha value is -2.34. The fourth-order valence-electron chi connectivity index (χ4n) is 2.45. The van der Waals surface area contributed by atoms with Crippen LogP contribution in [0.5, 0.6) is 0 Å². The van der Waals surface area contributed by atoms with Gasteiger partial charge >= 0.3 is 5.97 Å². The van der Waals surface area contributed by atoms with Crippen LogP contribution in [-0.2, 0) is 11.8 Å². The van der Waals surface area contributed by atoms with Gasteiger partial charge in [-0.15, -0.1) is 0 Å². The number of benzene rings is 1. The molecule has 0 aliphatic carbocycles. The zero-order valence-corrected chi connectivity index (χ0v) is 13.9. The van der Waals surface area contributed by atoms with Crippen molar-refractivity contribution in [1.29, 1.82) is 0 Å². The highest BCUT2D eigenvalue weighted by Gasteiger charge is 2.23. The third-order valence-electron chi connectivity index (χ3n) is 3.69. The van der Waals surface area contributed by atoms with Crippen LogP contribution in [0, 0.1) is 13.8 Å². The molecule has 2 rings (SSSR count). The van der Waals surface area contributed by atoms with Gasteiger partial charge in [0.05, 0.1) is 23.7 Å². The van der Waals surface area contributed by atoms with Crippen molar-refractivity contribution in [3.05, 3.63) is 51.8 Å². The standard InChI is InChI=1S/C16H18ClN3O3/c1-9-15(10(2)20(3)19-9)16(23)18-13(8-14(21)22)11-4-6-12(17)7-5-11/h4-7,13H,8H2,1-3H3,(H,18,23)(H,21,22)/t13-/m0/s1. The largest absolute Gasteiger partial charge is 0.481 e. The number of aliphatic carboxylic acids is 1. The van der Waals surface area contributed by atoms with E-state index in [1.165, 1.54) is 0 Å². The molecular formula is C16H18ClN3O3. The smallest absolute Gasteiger partial charge is 0.305 e. The average molecular weight is 336 g/mol. The minimum Gasteiger partial charge on any atom is -0.481 e. The lowest BCUT2D eigenvalue weighted by Crippen LogP contribution is -2.31. The molecule has 1 aromatic heterocycles. The third kappa shape index (κ3) is 3.90. The number of carboxylic acids is 1. The van der Waals surface area contributed by atoms with Crippen molar-refractivity contribution in [3.8, 4) is 0 Å². The van der Waals surface area contributed by atoms with Crippen molar-refractivity contribution in [2.45, 2.75) is 26.3 Å². The maximum absolute atomic E-state index is 12.5. The van der Waals surface area contributed by atoms with Crippen LogP contribution in [0.15, 0.2) is 24.3 Å². The number of amides is 1. The van der Waals surface area contributed by atoms with Gasteiger partial charge in [0.2, 0.25) is 0 Å². The summed E-state index contributed by atoms with van der Waals surface area (Å²) >= 11 is 5.85. The molecule has 0 aliphatic heterocycles. The van der Waals surface area contributed by atoms with E-state index in [-0.39, 0.29) is 12.3 Å². The lowest BCUT2D eigenvalue weighted by Gasteiger charge is -2.18. The molecule has 122 valence electrons. The van der Waals surface area contributed by atoms with Crippen LogP contribution < -0.4 is 5.32 Å². The van der Waals surface area contributed by atoms with Gasteiger partial charge in [-0.1, -0.05) is 23.7 Å². The Morgan fingerprint density at radius 1 is 1.30 bits per heavy atom. The summed E-state index contributed by atoms with van der Waals surface area (Å²) in [5, 5.41) is 16.6. The molecule has 1 heterocycles. The zero-order chi connectivity index (χ0) is 17.1. The fraction of sp³-hybridized carbons (Fsp3) is 0.312. The van der Waals surface area contributed by atoms with Crippen LogP contribution in [0.25, 0.3) is 0 Å². The summed E-state index contributed by atoms with van der Waals surface area (Å²) in [7, 11) is 1.76. The second-order valence-corrected chi connectivity index (χ2v) is 5.78. The number of carbonyl (C=O) groups is 2. The second kappa shape index (κ2) is 6.83. The van der Waals surface area contributed by atoms with Crippen molar-refractivity contribution >= 4 is 23.5 Å². The molecule has 0 bridgehead atoms. The summed E-state index contributed by atoms with van der Waals surface area (Å²) < 4.78 is 1.62. The summed E-state index contributed by atoms with van der Waals surface area (Å²) in [6.45, 7) is 3.54. The summed E-state index contributed by atoms with van der Waals surface area (Å²) in [5.41, 5.74) is 2.49. The first-order chi connectivity index (χ1) is 10.8. The first-order valence-corrected chi connectivity index (χ1v) is 7.45. The van der Waals surface area contributed by atoms with Gasteiger partial charge in [0, 0.05) is 17.8 Å². The topological polar surface area (TPSA) is 84.2 Å². The van der Waals surface area contributed by atoms with Gasteiger partial charge in [-0.25, -0.2) is 0 Å². The van der Waals surface area contributed by atoms with E-state index in [2.05, 4.69) is 10.4 Å². The molecule has 1 amide bonds. The average Bonchev–Trinajstić information content (AvgIpc) is 2.71. The summed E-state index contributed by atoms with van der Waals surface area (Å²) in [6, 6.07) is 6.10. The Kier molecular flexibility index (Phi) is 5.05. The molecule has 0 saturated carbocycles. The molecule has 23 heavy (non-hydrogen) atoms. The van der Waals surface area contributed by atoms with Gasteiger partial charge in [0.1, 0.15) is 0 Å².